The molecule has 0 bridgehead atoms. The lowest BCUT2D eigenvalue weighted by molar-refractivity contribution is 0.199. The number of aryl methyl sites for hydroxylation is 2. The van der Waals surface area contributed by atoms with Crippen molar-refractivity contribution in [2.75, 3.05) is 25.2 Å². The first kappa shape index (κ1) is 17.3. The van der Waals surface area contributed by atoms with Crippen molar-refractivity contribution in [1.82, 2.24) is 14.5 Å². The van der Waals surface area contributed by atoms with Gasteiger partial charge in [-0.25, -0.2) is 4.98 Å². The average molecular weight is 321 g/mol. The molecule has 2 heterocycles. The lowest BCUT2D eigenvalue weighted by atomic mass is 10.2. The van der Waals surface area contributed by atoms with Crippen molar-refractivity contribution in [2.45, 2.75) is 46.1 Å². The summed E-state index contributed by atoms with van der Waals surface area (Å²) in [5.41, 5.74) is 3.44. The van der Waals surface area contributed by atoms with Crippen LogP contribution in [-0.2, 0) is 17.7 Å². The summed E-state index contributed by atoms with van der Waals surface area (Å²) in [5, 5.41) is 0. The first-order valence-electron chi connectivity index (χ1n) is 8.14. The van der Waals surface area contributed by atoms with Crippen molar-refractivity contribution in [2.24, 2.45) is 0 Å². The van der Waals surface area contributed by atoms with Crippen LogP contribution >= 0.6 is 11.8 Å². The molecule has 0 unspecified atom stereocenters. The third-order valence-corrected chi connectivity index (χ3v) is 4.91. The van der Waals surface area contributed by atoms with Gasteiger partial charge in [-0.3, -0.25) is 4.98 Å². The first-order chi connectivity index (χ1) is 10.8. The average Bonchev–Trinajstić information content (AvgIpc) is 2.88. The molecule has 122 valence electrons. The smallest absolute Gasteiger partial charge is 0.112 e. The van der Waals surface area contributed by atoms with E-state index in [2.05, 4.69) is 35.2 Å². The molecular formula is C17H27N3OS. The van der Waals surface area contributed by atoms with Crippen LogP contribution in [0.1, 0.15) is 37.6 Å². The number of methoxy groups -OCH3 is 1. The molecule has 0 aliphatic rings. The number of ether oxygens (including phenoxy) is 1. The number of thioether (sulfide) groups is 1. The van der Waals surface area contributed by atoms with Crippen molar-refractivity contribution in [3.05, 3.63) is 23.8 Å². The molecule has 2 rings (SSSR count). The van der Waals surface area contributed by atoms with Crippen LogP contribution in [0.25, 0.3) is 11.0 Å². The Morgan fingerprint density at radius 1 is 1.23 bits per heavy atom. The van der Waals surface area contributed by atoms with Gasteiger partial charge in [-0.15, -0.1) is 0 Å². The molecule has 5 heteroatoms. The number of hydrogen-bond acceptors (Lipinski definition) is 4. The lowest BCUT2D eigenvalue weighted by Crippen LogP contribution is -2.08. The molecule has 22 heavy (non-hydrogen) atoms. The minimum atomic E-state index is 0.709. The molecule has 4 nitrogen and oxygen atoms in total. The zero-order valence-corrected chi connectivity index (χ0v) is 14.8. The molecule has 0 radical (unpaired) electrons. The van der Waals surface area contributed by atoms with Gasteiger partial charge < -0.3 is 9.30 Å². The van der Waals surface area contributed by atoms with Gasteiger partial charge in [0.1, 0.15) is 11.3 Å². The number of fused-ring (bicyclic) bond motifs is 1. The van der Waals surface area contributed by atoms with E-state index in [4.69, 9.17) is 9.72 Å². The van der Waals surface area contributed by atoms with Gasteiger partial charge in [0.25, 0.3) is 0 Å². The largest absolute Gasteiger partial charge is 0.384 e. The summed E-state index contributed by atoms with van der Waals surface area (Å²) in [7, 11) is 1.74. The number of pyridine rings is 1. The van der Waals surface area contributed by atoms with Crippen molar-refractivity contribution in [1.29, 1.82) is 0 Å². The summed E-state index contributed by atoms with van der Waals surface area (Å²) in [6.07, 6.45) is 8.44. The molecule has 0 fully saturated rings. The standard InChI is InChI=1S/C17H27N3OS/c1-4-5-10-22-11-6-8-20-16(7-9-21-3)19-15-13-18-12-14(2)17(15)20/h12-13H,4-11H2,1-3H3. The van der Waals surface area contributed by atoms with E-state index in [9.17, 15) is 0 Å². The SMILES string of the molecule is CCCCSCCCn1c(CCOC)nc2cncc(C)c21. The van der Waals surface area contributed by atoms with Gasteiger partial charge in [-0.2, -0.15) is 11.8 Å². The molecule has 0 aliphatic heterocycles. The van der Waals surface area contributed by atoms with Gasteiger partial charge in [0, 0.05) is 26.3 Å². The van der Waals surface area contributed by atoms with Crippen molar-refractivity contribution in [3.8, 4) is 0 Å². The summed E-state index contributed by atoms with van der Waals surface area (Å²) in [5.74, 6) is 3.61. The highest BCUT2D eigenvalue weighted by Crippen LogP contribution is 2.20. The Morgan fingerprint density at radius 2 is 2.05 bits per heavy atom. The van der Waals surface area contributed by atoms with Crippen molar-refractivity contribution in [3.63, 3.8) is 0 Å². The highest BCUT2D eigenvalue weighted by atomic mass is 32.2. The fourth-order valence-electron chi connectivity index (χ4n) is 2.60. The molecule has 0 saturated carbocycles. The molecule has 0 N–H and O–H groups in total. The van der Waals surface area contributed by atoms with Crippen molar-refractivity contribution < 1.29 is 4.74 Å². The van der Waals surface area contributed by atoms with Gasteiger partial charge in [0.05, 0.1) is 18.3 Å². The Labute approximate surface area is 137 Å². The highest BCUT2D eigenvalue weighted by Gasteiger charge is 2.12. The number of unbranched alkanes of at least 4 members (excludes halogenated alkanes) is 1. The van der Waals surface area contributed by atoms with Gasteiger partial charge in [-0.05, 0) is 36.8 Å². The highest BCUT2D eigenvalue weighted by molar-refractivity contribution is 7.99. The summed E-state index contributed by atoms with van der Waals surface area (Å²) < 4.78 is 7.59. The molecule has 2 aromatic rings. The van der Waals surface area contributed by atoms with E-state index in [-0.39, 0.29) is 0 Å². The molecule has 0 aromatic carbocycles. The van der Waals surface area contributed by atoms with E-state index in [1.807, 2.05) is 12.4 Å². The zero-order chi connectivity index (χ0) is 15.8. The van der Waals surface area contributed by atoms with Gasteiger partial charge in [-0.1, -0.05) is 13.3 Å². The van der Waals surface area contributed by atoms with Gasteiger partial charge in [0.2, 0.25) is 0 Å². The number of aromatic nitrogens is 3. The maximum Gasteiger partial charge on any atom is 0.112 e. The van der Waals surface area contributed by atoms with E-state index in [1.165, 1.54) is 41.8 Å². The predicted octanol–water partition coefficient (Wildman–Crippen LogP) is 3.85. The number of nitrogens with zero attached hydrogens (tertiary/aromatic N) is 3. The van der Waals surface area contributed by atoms with Crippen LogP contribution in [0.15, 0.2) is 12.4 Å². The van der Waals surface area contributed by atoms with Crippen LogP contribution in [-0.4, -0.2) is 39.8 Å². The van der Waals surface area contributed by atoms with Crippen LogP contribution in [0.5, 0.6) is 0 Å². The minimum absolute atomic E-state index is 0.709. The second-order valence-electron chi connectivity index (χ2n) is 5.57. The molecule has 0 aliphatic carbocycles. The topological polar surface area (TPSA) is 39.9 Å². The molecule has 0 spiro atoms. The van der Waals surface area contributed by atoms with Crippen LogP contribution in [0.2, 0.25) is 0 Å². The van der Waals surface area contributed by atoms with E-state index in [0.29, 0.717) is 6.61 Å². The molecular weight excluding hydrogens is 294 g/mol. The van der Waals surface area contributed by atoms with Crippen molar-refractivity contribution >= 4 is 22.8 Å². The van der Waals surface area contributed by atoms with Gasteiger partial charge >= 0.3 is 0 Å². The second-order valence-corrected chi connectivity index (χ2v) is 6.79. The Kier molecular flexibility index (Phi) is 7.19. The third kappa shape index (κ3) is 4.46. The fourth-order valence-corrected chi connectivity index (χ4v) is 3.63. The summed E-state index contributed by atoms with van der Waals surface area (Å²) in [4.78, 5) is 9.02. The number of imidazole rings is 1. The molecule has 0 amide bonds. The van der Waals surface area contributed by atoms with Crippen LogP contribution in [0.4, 0.5) is 0 Å². The number of hydrogen-bond donors (Lipinski definition) is 0. The molecule has 0 saturated heterocycles. The number of rotatable bonds is 10. The lowest BCUT2D eigenvalue weighted by Gasteiger charge is -2.10. The fraction of sp³-hybridized carbons (Fsp3) is 0.647. The Bertz CT molecular complexity index is 583. The van der Waals surface area contributed by atoms with E-state index < -0.39 is 0 Å². The van der Waals surface area contributed by atoms with Crippen LogP contribution < -0.4 is 0 Å². The Balaban J connectivity index is 2.07. The second kappa shape index (κ2) is 9.16. The van der Waals surface area contributed by atoms with E-state index in [0.717, 1.165) is 24.3 Å². The zero-order valence-electron chi connectivity index (χ0n) is 14.0. The summed E-state index contributed by atoms with van der Waals surface area (Å²) in [6, 6.07) is 0. The molecule has 0 atom stereocenters. The monoisotopic (exact) mass is 321 g/mol. The first-order valence-corrected chi connectivity index (χ1v) is 9.29. The minimum Gasteiger partial charge on any atom is -0.384 e. The van der Waals surface area contributed by atoms with Crippen LogP contribution in [0.3, 0.4) is 0 Å². The third-order valence-electron chi connectivity index (χ3n) is 3.75. The van der Waals surface area contributed by atoms with Crippen LogP contribution in [0, 0.1) is 6.92 Å². The Hall–Kier alpha value is -1.07. The quantitative estimate of drug-likeness (QED) is 0.623. The normalized spacial score (nSPS) is 11.4. The van der Waals surface area contributed by atoms with E-state index >= 15 is 0 Å². The predicted molar refractivity (Wildman–Crippen MR) is 94.7 cm³/mol. The van der Waals surface area contributed by atoms with E-state index in [1.54, 1.807) is 7.11 Å². The maximum absolute atomic E-state index is 5.22. The molecule has 2 aromatic heterocycles. The summed E-state index contributed by atoms with van der Waals surface area (Å²) in [6.45, 7) is 6.10. The summed E-state index contributed by atoms with van der Waals surface area (Å²) >= 11 is 2.06. The Morgan fingerprint density at radius 3 is 2.82 bits per heavy atom. The van der Waals surface area contributed by atoms with Gasteiger partial charge in [0.15, 0.2) is 0 Å². The maximum atomic E-state index is 5.22.